The summed E-state index contributed by atoms with van der Waals surface area (Å²) in [6, 6.07) is 7.32. The molecule has 2 aromatic rings. The topological polar surface area (TPSA) is 60.9 Å². The van der Waals surface area contributed by atoms with Gasteiger partial charge in [0.25, 0.3) is 5.56 Å². The minimum Gasteiger partial charge on any atom is -0.398 e. The third-order valence-electron chi connectivity index (χ3n) is 2.34. The normalized spacial score (nSPS) is 10.5. The van der Waals surface area contributed by atoms with E-state index in [-0.39, 0.29) is 5.56 Å². The van der Waals surface area contributed by atoms with Gasteiger partial charge in [0.15, 0.2) is 0 Å². The van der Waals surface area contributed by atoms with Gasteiger partial charge in [0, 0.05) is 17.6 Å². The van der Waals surface area contributed by atoms with Crippen LogP contribution in [0.25, 0.3) is 0 Å². The van der Waals surface area contributed by atoms with Gasteiger partial charge in [0.05, 0.1) is 16.7 Å². The maximum Gasteiger partial charge on any atom is 0.265 e. The highest BCUT2D eigenvalue weighted by atomic mass is 79.9. The number of hydrogen-bond acceptors (Lipinski definition) is 3. The Morgan fingerprint density at radius 3 is 2.94 bits per heavy atom. The lowest BCUT2D eigenvalue weighted by Gasteiger charge is -2.07. The Morgan fingerprint density at radius 1 is 1.47 bits per heavy atom. The van der Waals surface area contributed by atoms with Gasteiger partial charge in [0.2, 0.25) is 0 Å². The van der Waals surface area contributed by atoms with Gasteiger partial charge in [-0.15, -0.1) is 0 Å². The first-order chi connectivity index (χ1) is 8.06. The van der Waals surface area contributed by atoms with Crippen molar-refractivity contribution in [2.24, 2.45) is 0 Å². The van der Waals surface area contributed by atoms with E-state index in [2.05, 4.69) is 20.9 Å². The molecule has 0 aliphatic carbocycles. The molecule has 5 heteroatoms. The van der Waals surface area contributed by atoms with Crippen LogP contribution in [0.5, 0.6) is 0 Å². The minimum atomic E-state index is -0.109. The number of halogens is 1. The standard InChI is InChI=1S/C12H12BrN3O/c1-8-3-2-4-10(15-8)7-16-6-9(14)5-11(13)12(16)17/h2-6H,7,14H2,1H3. The number of hydrogen-bond donors (Lipinski definition) is 1. The van der Waals surface area contributed by atoms with Crippen LogP contribution in [0.1, 0.15) is 11.4 Å². The first-order valence-corrected chi connectivity index (χ1v) is 5.93. The molecule has 0 amide bonds. The fourth-order valence-corrected chi connectivity index (χ4v) is 2.09. The highest BCUT2D eigenvalue weighted by molar-refractivity contribution is 9.10. The molecule has 2 rings (SSSR count). The molecule has 0 saturated carbocycles. The summed E-state index contributed by atoms with van der Waals surface area (Å²) in [6.07, 6.45) is 1.62. The van der Waals surface area contributed by atoms with Crippen LogP contribution in [0.3, 0.4) is 0 Å². The number of aromatic nitrogens is 2. The third kappa shape index (κ3) is 2.74. The number of nitrogens with two attached hydrogens (primary N) is 1. The van der Waals surface area contributed by atoms with E-state index in [1.807, 2.05) is 25.1 Å². The maximum atomic E-state index is 11.8. The Kier molecular flexibility index (Phi) is 3.28. The third-order valence-corrected chi connectivity index (χ3v) is 2.91. The largest absolute Gasteiger partial charge is 0.398 e. The predicted molar refractivity (Wildman–Crippen MR) is 70.9 cm³/mol. The molecule has 0 radical (unpaired) electrons. The van der Waals surface area contributed by atoms with E-state index in [4.69, 9.17) is 5.73 Å². The van der Waals surface area contributed by atoms with Crippen LogP contribution < -0.4 is 11.3 Å². The van der Waals surface area contributed by atoms with Crippen LogP contribution in [-0.2, 0) is 6.54 Å². The van der Waals surface area contributed by atoms with Crippen LogP contribution >= 0.6 is 15.9 Å². The minimum absolute atomic E-state index is 0.109. The first kappa shape index (κ1) is 11.9. The Balaban J connectivity index is 2.40. The summed E-state index contributed by atoms with van der Waals surface area (Å²) in [5.74, 6) is 0. The van der Waals surface area contributed by atoms with Gasteiger partial charge in [0.1, 0.15) is 0 Å². The average Bonchev–Trinajstić information content (AvgIpc) is 2.25. The number of nitrogen functional groups attached to an aromatic ring is 1. The molecule has 0 bridgehead atoms. The number of pyridine rings is 2. The summed E-state index contributed by atoms with van der Waals surface area (Å²) in [5.41, 5.74) is 7.91. The van der Waals surface area contributed by atoms with E-state index >= 15 is 0 Å². The van der Waals surface area contributed by atoms with Crippen LogP contribution in [-0.4, -0.2) is 9.55 Å². The van der Waals surface area contributed by atoms with Crippen molar-refractivity contribution in [3.05, 3.63) is 56.7 Å². The fourth-order valence-electron chi connectivity index (χ4n) is 1.60. The number of aryl methyl sites for hydroxylation is 1. The molecule has 0 fully saturated rings. The lowest BCUT2D eigenvalue weighted by Crippen LogP contribution is -2.21. The van der Waals surface area contributed by atoms with Gasteiger partial charge in [-0.3, -0.25) is 9.78 Å². The van der Waals surface area contributed by atoms with Gasteiger partial charge in [-0.1, -0.05) is 6.07 Å². The molecule has 4 nitrogen and oxygen atoms in total. The second-order valence-electron chi connectivity index (χ2n) is 3.82. The monoisotopic (exact) mass is 293 g/mol. The van der Waals surface area contributed by atoms with Crippen molar-refractivity contribution in [3.8, 4) is 0 Å². The smallest absolute Gasteiger partial charge is 0.265 e. The molecule has 0 atom stereocenters. The zero-order valence-corrected chi connectivity index (χ0v) is 10.9. The van der Waals surface area contributed by atoms with E-state index in [0.717, 1.165) is 11.4 Å². The summed E-state index contributed by atoms with van der Waals surface area (Å²) in [7, 11) is 0. The molecule has 0 spiro atoms. The summed E-state index contributed by atoms with van der Waals surface area (Å²) in [5, 5.41) is 0. The average molecular weight is 294 g/mol. The molecule has 0 aromatic carbocycles. The van der Waals surface area contributed by atoms with E-state index < -0.39 is 0 Å². The Hall–Kier alpha value is -1.62. The highest BCUT2D eigenvalue weighted by Crippen LogP contribution is 2.09. The molecule has 17 heavy (non-hydrogen) atoms. The first-order valence-electron chi connectivity index (χ1n) is 5.14. The Bertz CT molecular complexity index is 607. The molecule has 0 unspecified atom stereocenters. The van der Waals surface area contributed by atoms with Gasteiger partial charge < -0.3 is 10.3 Å². The van der Waals surface area contributed by atoms with E-state index in [0.29, 0.717) is 16.7 Å². The molecule has 88 valence electrons. The van der Waals surface area contributed by atoms with E-state index in [1.54, 1.807) is 16.8 Å². The van der Waals surface area contributed by atoms with Crippen molar-refractivity contribution in [2.75, 3.05) is 5.73 Å². The summed E-state index contributed by atoms with van der Waals surface area (Å²) < 4.78 is 2.01. The zero-order chi connectivity index (χ0) is 12.4. The quantitative estimate of drug-likeness (QED) is 0.921. The van der Waals surface area contributed by atoms with Gasteiger partial charge in [-0.05, 0) is 41.1 Å². The van der Waals surface area contributed by atoms with Crippen molar-refractivity contribution in [2.45, 2.75) is 13.5 Å². The molecule has 0 saturated heterocycles. The van der Waals surface area contributed by atoms with Gasteiger partial charge in [-0.2, -0.15) is 0 Å². The van der Waals surface area contributed by atoms with E-state index in [9.17, 15) is 4.79 Å². The molecule has 2 heterocycles. The van der Waals surface area contributed by atoms with Gasteiger partial charge in [-0.25, -0.2) is 0 Å². The molecule has 0 aliphatic rings. The molecule has 2 N–H and O–H groups in total. The van der Waals surface area contributed by atoms with Crippen LogP contribution in [0, 0.1) is 6.92 Å². The molecule has 0 aliphatic heterocycles. The Labute approximate surface area is 107 Å². The van der Waals surface area contributed by atoms with E-state index in [1.165, 1.54) is 0 Å². The van der Waals surface area contributed by atoms with Crippen LogP contribution in [0.15, 0.2) is 39.7 Å². The van der Waals surface area contributed by atoms with Crippen molar-refractivity contribution >= 4 is 21.6 Å². The number of nitrogens with zero attached hydrogens (tertiary/aromatic N) is 2. The van der Waals surface area contributed by atoms with Crippen molar-refractivity contribution < 1.29 is 0 Å². The molecule has 2 aromatic heterocycles. The molecular formula is C12H12BrN3O. The van der Waals surface area contributed by atoms with Gasteiger partial charge >= 0.3 is 0 Å². The van der Waals surface area contributed by atoms with Crippen LogP contribution in [0.2, 0.25) is 0 Å². The van der Waals surface area contributed by atoms with Crippen molar-refractivity contribution in [1.82, 2.24) is 9.55 Å². The summed E-state index contributed by atoms with van der Waals surface area (Å²) in [6.45, 7) is 2.34. The zero-order valence-electron chi connectivity index (χ0n) is 9.35. The SMILES string of the molecule is Cc1cccc(Cn2cc(N)cc(Br)c2=O)n1. The second-order valence-corrected chi connectivity index (χ2v) is 4.68. The summed E-state index contributed by atoms with van der Waals surface area (Å²) >= 11 is 3.19. The highest BCUT2D eigenvalue weighted by Gasteiger charge is 2.04. The van der Waals surface area contributed by atoms with Crippen LogP contribution in [0.4, 0.5) is 5.69 Å². The number of rotatable bonds is 2. The Morgan fingerprint density at radius 2 is 2.24 bits per heavy atom. The lowest BCUT2D eigenvalue weighted by molar-refractivity contribution is 0.735. The second kappa shape index (κ2) is 4.71. The molecular weight excluding hydrogens is 282 g/mol. The van der Waals surface area contributed by atoms with Crippen molar-refractivity contribution in [1.29, 1.82) is 0 Å². The fraction of sp³-hybridized carbons (Fsp3) is 0.167. The number of anilines is 1. The lowest BCUT2D eigenvalue weighted by atomic mass is 10.3. The van der Waals surface area contributed by atoms with Crippen molar-refractivity contribution in [3.63, 3.8) is 0 Å². The summed E-state index contributed by atoms with van der Waals surface area (Å²) in [4.78, 5) is 16.2. The maximum absolute atomic E-state index is 11.8. The predicted octanol–water partition coefficient (Wildman–Crippen LogP) is 1.94.